The Morgan fingerprint density at radius 3 is 2.67 bits per heavy atom. The Bertz CT molecular complexity index is 1150. The Labute approximate surface area is 173 Å². The molecule has 3 N–H and O–H groups in total. The van der Waals surface area contributed by atoms with E-state index in [-0.39, 0.29) is 6.61 Å². The number of nitrogens with one attached hydrogen (secondary N) is 2. The van der Waals surface area contributed by atoms with Crippen LogP contribution in [0.2, 0.25) is 0 Å². The Kier molecular flexibility index (Phi) is 5.10. The maximum atomic E-state index is 8.86. The van der Waals surface area contributed by atoms with Crippen LogP contribution in [-0.2, 0) is 0 Å². The number of rotatable bonds is 7. The van der Waals surface area contributed by atoms with Crippen molar-refractivity contribution in [2.75, 3.05) is 23.8 Å². The summed E-state index contributed by atoms with van der Waals surface area (Å²) in [7, 11) is 0. The van der Waals surface area contributed by atoms with Crippen LogP contribution < -0.4 is 10.6 Å². The first-order valence-electron chi connectivity index (χ1n) is 10.4. The number of hydrogen-bond acceptors (Lipinski definition) is 8. The molecular weight excluding hydrogens is 380 g/mol. The predicted octanol–water partition coefficient (Wildman–Crippen LogP) is 3.42. The molecule has 30 heavy (non-hydrogen) atoms. The third-order valence-electron chi connectivity index (χ3n) is 5.58. The Morgan fingerprint density at radius 1 is 1.03 bits per heavy atom. The van der Waals surface area contributed by atoms with Crippen molar-refractivity contribution < 1.29 is 5.11 Å². The minimum Gasteiger partial charge on any atom is -0.396 e. The lowest BCUT2D eigenvalue weighted by molar-refractivity contribution is 0.292. The molecule has 9 heteroatoms. The molecule has 9 nitrogen and oxygen atoms in total. The molecule has 0 atom stereocenters. The molecule has 1 fully saturated rings. The number of pyridine rings is 1. The average Bonchev–Trinajstić information content (AvgIpc) is 3.41. The van der Waals surface area contributed by atoms with Crippen LogP contribution >= 0.6 is 0 Å². The zero-order valence-corrected chi connectivity index (χ0v) is 16.6. The molecule has 0 aliphatic heterocycles. The van der Waals surface area contributed by atoms with Crippen molar-refractivity contribution in [3.8, 4) is 0 Å². The number of hydrogen-bond donors (Lipinski definition) is 3. The van der Waals surface area contributed by atoms with E-state index in [0.717, 1.165) is 34.8 Å². The van der Waals surface area contributed by atoms with Crippen LogP contribution in [0.1, 0.15) is 38.1 Å². The molecule has 0 bridgehead atoms. The topological polar surface area (TPSA) is 114 Å². The van der Waals surface area contributed by atoms with Gasteiger partial charge in [-0.1, -0.05) is 12.8 Å². The maximum Gasteiger partial charge on any atom is 0.230 e. The molecule has 5 rings (SSSR count). The van der Waals surface area contributed by atoms with Crippen molar-refractivity contribution in [1.29, 1.82) is 0 Å². The second-order valence-corrected chi connectivity index (χ2v) is 7.56. The molecular formula is C21H24N8O. The standard InChI is InChI=1S/C21H24N8O/c30-11-3-9-23-18-6-7-19(28-27-18)25-21-24-12-16-15-8-10-22-13-17(15)29(20(16)26-21)14-4-1-2-5-14/h6-8,10,12-14,30H,1-5,9,11H2,(H,23,27)(H,24,25,26,28). The zero-order chi connectivity index (χ0) is 20.3. The first-order chi connectivity index (χ1) is 14.8. The highest BCUT2D eigenvalue weighted by Gasteiger charge is 2.23. The zero-order valence-electron chi connectivity index (χ0n) is 16.6. The molecule has 0 unspecified atom stereocenters. The molecule has 1 aliphatic carbocycles. The number of aliphatic hydroxyl groups is 1. The molecule has 154 valence electrons. The lowest BCUT2D eigenvalue weighted by atomic mass is 10.2. The Hall–Kier alpha value is -3.33. The van der Waals surface area contributed by atoms with Crippen molar-refractivity contribution in [2.24, 2.45) is 0 Å². The predicted molar refractivity (Wildman–Crippen MR) is 116 cm³/mol. The van der Waals surface area contributed by atoms with E-state index in [1.807, 2.05) is 36.8 Å². The molecule has 4 aromatic heterocycles. The lowest BCUT2D eigenvalue weighted by Crippen LogP contribution is -2.08. The van der Waals surface area contributed by atoms with Crippen LogP contribution in [0.3, 0.4) is 0 Å². The third kappa shape index (κ3) is 3.52. The van der Waals surface area contributed by atoms with Crippen molar-refractivity contribution in [2.45, 2.75) is 38.1 Å². The van der Waals surface area contributed by atoms with Gasteiger partial charge in [0.25, 0.3) is 0 Å². The SMILES string of the molecule is OCCCNc1ccc(Nc2ncc3c4ccncc4n(C4CCCC4)c3n2)nn1. The largest absolute Gasteiger partial charge is 0.396 e. The van der Waals surface area contributed by atoms with Gasteiger partial charge in [0.2, 0.25) is 5.95 Å². The summed E-state index contributed by atoms with van der Waals surface area (Å²) < 4.78 is 2.33. The second kappa shape index (κ2) is 8.19. The number of aromatic nitrogens is 6. The second-order valence-electron chi connectivity index (χ2n) is 7.56. The normalized spacial score (nSPS) is 14.6. The molecule has 1 saturated carbocycles. The summed E-state index contributed by atoms with van der Waals surface area (Å²) >= 11 is 0. The van der Waals surface area contributed by atoms with E-state index in [1.54, 1.807) is 0 Å². The molecule has 4 heterocycles. The van der Waals surface area contributed by atoms with Crippen molar-refractivity contribution in [3.63, 3.8) is 0 Å². The summed E-state index contributed by atoms with van der Waals surface area (Å²) in [5.74, 6) is 1.74. The highest BCUT2D eigenvalue weighted by Crippen LogP contribution is 2.37. The average molecular weight is 404 g/mol. The van der Waals surface area contributed by atoms with Crippen LogP contribution in [0.5, 0.6) is 0 Å². The first kappa shape index (κ1) is 18.7. The summed E-state index contributed by atoms with van der Waals surface area (Å²) in [6, 6.07) is 6.15. The lowest BCUT2D eigenvalue weighted by Gasteiger charge is -2.14. The summed E-state index contributed by atoms with van der Waals surface area (Å²) in [6.45, 7) is 0.797. The fourth-order valence-electron chi connectivity index (χ4n) is 4.16. The summed E-state index contributed by atoms with van der Waals surface area (Å²) in [5, 5.41) is 25.6. The van der Waals surface area contributed by atoms with E-state index >= 15 is 0 Å². The number of aliphatic hydroxyl groups excluding tert-OH is 1. The van der Waals surface area contributed by atoms with E-state index in [2.05, 4.69) is 35.4 Å². The van der Waals surface area contributed by atoms with Gasteiger partial charge in [0, 0.05) is 42.4 Å². The molecule has 4 aromatic rings. The van der Waals surface area contributed by atoms with Crippen LogP contribution in [0.4, 0.5) is 17.6 Å². The summed E-state index contributed by atoms with van der Waals surface area (Å²) in [5.41, 5.74) is 2.04. The Morgan fingerprint density at radius 2 is 1.87 bits per heavy atom. The van der Waals surface area contributed by atoms with Gasteiger partial charge in [0.15, 0.2) is 5.82 Å². The maximum absolute atomic E-state index is 8.86. The summed E-state index contributed by atoms with van der Waals surface area (Å²) in [6.07, 6.45) is 11.1. The fraction of sp³-hybridized carbons (Fsp3) is 0.381. The van der Waals surface area contributed by atoms with Crippen molar-refractivity contribution in [3.05, 3.63) is 36.8 Å². The van der Waals surface area contributed by atoms with Gasteiger partial charge in [0.05, 0.1) is 11.7 Å². The van der Waals surface area contributed by atoms with E-state index in [0.29, 0.717) is 36.6 Å². The Balaban J connectivity index is 1.46. The third-order valence-corrected chi connectivity index (χ3v) is 5.58. The van der Waals surface area contributed by atoms with Crippen molar-refractivity contribution >= 4 is 39.5 Å². The fourth-order valence-corrected chi connectivity index (χ4v) is 4.16. The van der Waals surface area contributed by atoms with Gasteiger partial charge in [0.1, 0.15) is 11.5 Å². The van der Waals surface area contributed by atoms with Crippen LogP contribution in [0.25, 0.3) is 21.9 Å². The van der Waals surface area contributed by atoms with Gasteiger partial charge in [-0.3, -0.25) is 4.98 Å². The van der Waals surface area contributed by atoms with Crippen LogP contribution in [0.15, 0.2) is 36.8 Å². The number of anilines is 3. The number of fused-ring (bicyclic) bond motifs is 3. The molecule has 1 aliphatic rings. The quantitative estimate of drug-likeness (QED) is 0.402. The molecule has 0 aromatic carbocycles. The van der Waals surface area contributed by atoms with Gasteiger partial charge in [-0.2, -0.15) is 4.98 Å². The van der Waals surface area contributed by atoms with E-state index in [9.17, 15) is 0 Å². The molecule has 0 spiro atoms. The van der Waals surface area contributed by atoms with Gasteiger partial charge in [-0.15, -0.1) is 10.2 Å². The molecule has 0 saturated heterocycles. The minimum atomic E-state index is 0.146. The monoisotopic (exact) mass is 404 g/mol. The van der Waals surface area contributed by atoms with Crippen LogP contribution in [0, 0.1) is 0 Å². The van der Waals surface area contributed by atoms with Gasteiger partial charge < -0.3 is 20.3 Å². The van der Waals surface area contributed by atoms with Crippen molar-refractivity contribution in [1.82, 2.24) is 29.7 Å². The van der Waals surface area contributed by atoms with E-state index in [1.165, 1.54) is 12.8 Å². The highest BCUT2D eigenvalue weighted by molar-refractivity contribution is 6.06. The van der Waals surface area contributed by atoms with Gasteiger partial charge in [-0.05, 0) is 37.5 Å². The minimum absolute atomic E-state index is 0.146. The van der Waals surface area contributed by atoms with Gasteiger partial charge in [-0.25, -0.2) is 4.98 Å². The summed E-state index contributed by atoms with van der Waals surface area (Å²) in [4.78, 5) is 13.7. The van der Waals surface area contributed by atoms with Gasteiger partial charge >= 0.3 is 0 Å². The molecule has 0 amide bonds. The smallest absolute Gasteiger partial charge is 0.230 e. The number of nitrogens with zero attached hydrogens (tertiary/aromatic N) is 6. The van der Waals surface area contributed by atoms with E-state index < -0.39 is 0 Å². The molecule has 0 radical (unpaired) electrons. The van der Waals surface area contributed by atoms with E-state index in [4.69, 9.17) is 10.1 Å². The highest BCUT2D eigenvalue weighted by atomic mass is 16.3. The van der Waals surface area contributed by atoms with Crippen LogP contribution in [-0.4, -0.2) is 48.0 Å². The first-order valence-corrected chi connectivity index (χ1v) is 10.4.